The Morgan fingerprint density at radius 3 is 2.75 bits per heavy atom. The highest BCUT2D eigenvalue weighted by atomic mass is 35.5. The average molecular weight is 243 g/mol. The maximum Gasteiger partial charge on any atom is 0.0543 e. The molecule has 1 rings (SSSR count). The van der Waals surface area contributed by atoms with Gasteiger partial charge in [0.15, 0.2) is 0 Å². The fourth-order valence-corrected chi connectivity index (χ4v) is 1.79. The zero-order valence-corrected chi connectivity index (χ0v) is 10.5. The van der Waals surface area contributed by atoms with Gasteiger partial charge in [0, 0.05) is 18.2 Å². The molecule has 0 aromatic heterocycles. The van der Waals surface area contributed by atoms with Crippen molar-refractivity contribution in [2.45, 2.75) is 31.9 Å². The summed E-state index contributed by atoms with van der Waals surface area (Å²) < 4.78 is 5.21. The predicted octanol–water partition coefficient (Wildman–Crippen LogP) is 2.66. The lowest BCUT2D eigenvalue weighted by Gasteiger charge is -2.18. The molecular formula is C12H19ClN2O. The topological polar surface area (TPSA) is 47.3 Å². The molecule has 2 atom stereocenters. The van der Waals surface area contributed by atoms with E-state index in [0.717, 1.165) is 23.4 Å². The molecule has 0 aliphatic heterocycles. The van der Waals surface area contributed by atoms with Crippen molar-refractivity contribution in [2.24, 2.45) is 5.84 Å². The van der Waals surface area contributed by atoms with E-state index >= 15 is 0 Å². The van der Waals surface area contributed by atoms with Crippen molar-refractivity contribution in [1.29, 1.82) is 0 Å². The van der Waals surface area contributed by atoms with Gasteiger partial charge in [-0.25, -0.2) is 0 Å². The minimum absolute atomic E-state index is 0.122. The first-order chi connectivity index (χ1) is 7.67. The summed E-state index contributed by atoms with van der Waals surface area (Å²) in [4.78, 5) is 0. The summed E-state index contributed by atoms with van der Waals surface area (Å²) in [6, 6.07) is 7.87. The normalized spacial score (nSPS) is 14.8. The Balaban J connectivity index is 2.60. The Morgan fingerprint density at radius 2 is 2.19 bits per heavy atom. The van der Waals surface area contributed by atoms with Gasteiger partial charge in [-0.3, -0.25) is 11.3 Å². The maximum atomic E-state index is 5.94. The zero-order chi connectivity index (χ0) is 12.0. The molecule has 2 unspecified atom stereocenters. The van der Waals surface area contributed by atoms with E-state index in [1.807, 2.05) is 31.2 Å². The SMILES string of the molecule is COC(C)CCC(NN)c1cccc(Cl)c1. The standard InChI is InChI=1S/C12H19ClN2O/c1-9(16-2)6-7-12(15-14)10-4-3-5-11(13)8-10/h3-5,8-9,12,15H,6-7,14H2,1-2H3. The summed E-state index contributed by atoms with van der Waals surface area (Å²) in [6.07, 6.45) is 2.12. The van der Waals surface area contributed by atoms with Gasteiger partial charge < -0.3 is 4.74 Å². The second-order valence-corrected chi connectivity index (χ2v) is 4.33. The van der Waals surface area contributed by atoms with E-state index in [1.54, 1.807) is 7.11 Å². The van der Waals surface area contributed by atoms with Crippen molar-refractivity contribution in [3.63, 3.8) is 0 Å². The molecule has 0 heterocycles. The van der Waals surface area contributed by atoms with Gasteiger partial charge in [0.05, 0.1) is 6.10 Å². The van der Waals surface area contributed by atoms with Crippen LogP contribution in [-0.2, 0) is 4.74 Å². The molecular weight excluding hydrogens is 224 g/mol. The van der Waals surface area contributed by atoms with E-state index in [2.05, 4.69) is 5.43 Å². The number of hydrazine groups is 1. The first kappa shape index (κ1) is 13.5. The molecule has 4 heteroatoms. The molecule has 3 nitrogen and oxygen atoms in total. The monoisotopic (exact) mass is 242 g/mol. The van der Waals surface area contributed by atoms with Crippen LogP contribution >= 0.6 is 11.6 Å². The molecule has 0 aliphatic carbocycles. The summed E-state index contributed by atoms with van der Waals surface area (Å²) in [5.74, 6) is 5.55. The molecule has 0 spiro atoms. The zero-order valence-electron chi connectivity index (χ0n) is 9.74. The summed E-state index contributed by atoms with van der Waals surface area (Å²) in [5, 5.41) is 0.734. The minimum Gasteiger partial charge on any atom is -0.382 e. The number of rotatable bonds is 6. The van der Waals surface area contributed by atoms with Gasteiger partial charge in [0.1, 0.15) is 0 Å². The van der Waals surface area contributed by atoms with Gasteiger partial charge >= 0.3 is 0 Å². The van der Waals surface area contributed by atoms with Gasteiger partial charge in [0.2, 0.25) is 0 Å². The van der Waals surface area contributed by atoms with Crippen molar-refractivity contribution in [3.8, 4) is 0 Å². The fraction of sp³-hybridized carbons (Fsp3) is 0.500. The first-order valence-electron chi connectivity index (χ1n) is 5.41. The van der Waals surface area contributed by atoms with Crippen LogP contribution in [0.2, 0.25) is 5.02 Å². The quantitative estimate of drug-likeness (QED) is 0.596. The van der Waals surface area contributed by atoms with Crippen LogP contribution < -0.4 is 11.3 Å². The second kappa shape index (κ2) is 6.86. The summed E-state index contributed by atoms with van der Waals surface area (Å²) in [7, 11) is 1.72. The number of benzene rings is 1. The van der Waals surface area contributed by atoms with Crippen molar-refractivity contribution in [3.05, 3.63) is 34.9 Å². The van der Waals surface area contributed by atoms with Crippen LogP contribution in [0.3, 0.4) is 0 Å². The molecule has 0 saturated carbocycles. The van der Waals surface area contributed by atoms with Crippen LogP contribution in [0.5, 0.6) is 0 Å². The van der Waals surface area contributed by atoms with Gasteiger partial charge in [-0.1, -0.05) is 23.7 Å². The lowest BCUT2D eigenvalue weighted by atomic mass is 10.0. The Bertz CT molecular complexity index is 320. The Kier molecular flexibility index (Phi) is 5.77. The molecule has 1 aromatic carbocycles. The number of ether oxygens (including phenoxy) is 1. The van der Waals surface area contributed by atoms with E-state index in [9.17, 15) is 0 Å². The molecule has 0 amide bonds. The number of nitrogens with two attached hydrogens (primary N) is 1. The van der Waals surface area contributed by atoms with Crippen molar-refractivity contribution >= 4 is 11.6 Å². The Hall–Kier alpha value is -0.610. The van der Waals surface area contributed by atoms with E-state index in [1.165, 1.54) is 0 Å². The summed E-state index contributed by atoms with van der Waals surface area (Å²) in [5.41, 5.74) is 3.92. The van der Waals surface area contributed by atoms with Crippen molar-refractivity contribution < 1.29 is 4.74 Å². The van der Waals surface area contributed by atoms with Crippen molar-refractivity contribution in [1.82, 2.24) is 5.43 Å². The largest absolute Gasteiger partial charge is 0.382 e. The van der Waals surface area contributed by atoms with E-state index < -0.39 is 0 Å². The molecule has 3 N–H and O–H groups in total. The number of hydrogen-bond acceptors (Lipinski definition) is 3. The minimum atomic E-state index is 0.122. The molecule has 0 fully saturated rings. The third kappa shape index (κ3) is 4.10. The molecule has 0 saturated heterocycles. The molecule has 90 valence electrons. The van der Waals surface area contributed by atoms with Crippen LogP contribution in [0.4, 0.5) is 0 Å². The van der Waals surface area contributed by atoms with Crippen LogP contribution in [-0.4, -0.2) is 13.2 Å². The fourth-order valence-electron chi connectivity index (χ4n) is 1.59. The number of nitrogens with one attached hydrogen (secondary N) is 1. The summed E-state index contributed by atoms with van der Waals surface area (Å²) in [6.45, 7) is 2.05. The number of methoxy groups -OCH3 is 1. The second-order valence-electron chi connectivity index (χ2n) is 3.90. The highest BCUT2D eigenvalue weighted by Gasteiger charge is 2.11. The molecule has 1 aromatic rings. The number of halogens is 1. The maximum absolute atomic E-state index is 5.94. The highest BCUT2D eigenvalue weighted by Crippen LogP contribution is 2.21. The number of hydrogen-bond donors (Lipinski definition) is 2. The van der Waals surface area contributed by atoms with Crippen LogP contribution in [0.25, 0.3) is 0 Å². The van der Waals surface area contributed by atoms with E-state index in [0.29, 0.717) is 0 Å². The van der Waals surface area contributed by atoms with Crippen molar-refractivity contribution in [2.75, 3.05) is 7.11 Å². The molecule has 0 aliphatic rings. The van der Waals surface area contributed by atoms with Crippen LogP contribution in [0, 0.1) is 0 Å². The van der Waals surface area contributed by atoms with Gasteiger partial charge in [0.25, 0.3) is 0 Å². The average Bonchev–Trinajstić information content (AvgIpc) is 2.29. The van der Waals surface area contributed by atoms with Crippen LogP contribution in [0.1, 0.15) is 31.4 Å². The first-order valence-corrected chi connectivity index (χ1v) is 5.79. The van der Waals surface area contributed by atoms with Crippen LogP contribution in [0.15, 0.2) is 24.3 Å². The Morgan fingerprint density at radius 1 is 1.44 bits per heavy atom. The van der Waals surface area contributed by atoms with E-state index in [-0.39, 0.29) is 12.1 Å². The van der Waals surface area contributed by atoms with Gasteiger partial charge in [-0.15, -0.1) is 0 Å². The lowest BCUT2D eigenvalue weighted by Crippen LogP contribution is -2.28. The Labute approximate surface area is 102 Å². The summed E-state index contributed by atoms with van der Waals surface area (Å²) >= 11 is 5.94. The van der Waals surface area contributed by atoms with Gasteiger partial charge in [-0.2, -0.15) is 0 Å². The molecule has 0 radical (unpaired) electrons. The smallest absolute Gasteiger partial charge is 0.0543 e. The molecule has 0 bridgehead atoms. The lowest BCUT2D eigenvalue weighted by molar-refractivity contribution is 0.106. The van der Waals surface area contributed by atoms with E-state index in [4.69, 9.17) is 22.2 Å². The third-order valence-electron chi connectivity index (χ3n) is 2.72. The predicted molar refractivity (Wildman–Crippen MR) is 67.2 cm³/mol. The molecule has 16 heavy (non-hydrogen) atoms. The third-order valence-corrected chi connectivity index (χ3v) is 2.95. The van der Waals surface area contributed by atoms with Gasteiger partial charge in [-0.05, 0) is 37.5 Å². The highest BCUT2D eigenvalue weighted by molar-refractivity contribution is 6.30.